The summed E-state index contributed by atoms with van der Waals surface area (Å²) >= 11 is 0. The van der Waals surface area contributed by atoms with Gasteiger partial charge < -0.3 is 5.32 Å². The Morgan fingerprint density at radius 1 is 1.10 bits per heavy atom. The van der Waals surface area contributed by atoms with Crippen LogP contribution in [0.2, 0.25) is 0 Å². The third-order valence-electron chi connectivity index (χ3n) is 3.52. The molecule has 0 unspecified atom stereocenters. The van der Waals surface area contributed by atoms with E-state index >= 15 is 0 Å². The van der Waals surface area contributed by atoms with Gasteiger partial charge in [-0.05, 0) is 50.1 Å². The molecule has 106 valence electrons. The Balaban J connectivity index is 1.93. The minimum atomic E-state index is -0.186. The van der Waals surface area contributed by atoms with Gasteiger partial charge in [0, 0.05) is 11.9 Å². The molecule has 0 saturated carbocycles. The topological polar surface area (TPSA) is 46.4 Å². The van der Waals surface area contributed by atoms with Crippen LogP contribution in [-0.4, -0.2) is 15.5 Å². The van der Waals surface area contributed by atoms with Crippen LogP contribution < -0.4 is 5.32 Å². The van der Waals surface area contributed by atoms with E-state index in [1.807, 2.05) is 45.2 Å². The second-order valence-corrected chi connectivity index (χ2v) is 5.33. The SMILES string of the molecule is Cc1cc(C)c(NC(=O)c2cc3ccccn3n2)c(C)c1. The van der Waals surface area contributed by atoms with Crippen LogP contribution in [0.3, 0.4) is 0 Å². The summed E-state index contributed by atoms with van der Waals surface area (Å²) in [5.41, 5.74) is 5.49. The van der Waals surface area contributed by atoms with Gasteiger partial charge in [0.25, 0.3) is 5.91 Å². The van der Waals surface area contributed by atoms with Gasteiger partial charge in [0.15, 0.2) is 5.69 Å². The molecular formula is C17H17N3O. The van der Waals surface area contributed by atoms with Crippen molar-refractivity contribution in [2.75, 3.05) is 5.32 Å². The first kappa shape index (κ1) is 13.4. The first-order valence-corrected chi connectivity index (χ1v) is 6.88. The molecule has 0 radical (unpaired) electrons. The number of benzene rings is 1. The average molecular weight is 279 g/mol. The molecule has 0 fully saturated rings. The normalized spacial score (nSPS) is 10.8. The fraction of sp³-hybridized carbons (Fsp3) is 0.176. The Morgan fingerprint density at radius 2 is 1.81 bits per heavy atom. The lowest BCUT2D eigenvalue weighted by molar-refractivity contribution is 0.102. The van der Waals surface area contributed by atoms with Crippen molar-refractivity contribution in [3.63, 3.8) is 0 Å². The molecule has 2 heterocycles. The molecule has 4 nitrogen and oxygen atoms in total. The molecule has 3 rings (SSSR count). The van der Waals surface area contributed by atoms with Crippen LogP contribution in [0.1, 0.15) is 27.2 Å². The van der Waals surface area contributed by atoms with Gasteiger partial charge in [0.2, 0.25) is 0 Å². The molecular weight excluding hydrogens is 262 g/mol. The van der Waals surface area contributed by atoms with Gasteiger partial charge >= 0.3 is 0 Å². The van der Waals surface area contributed by atoms with E-state index in [0.717, 1.165) is 22.3 Å². The lowest BCUT2D eigenvalue weighted by atomic mass is 10.1. The van der Waals surface area contributed by atoms with Gasteiger partial charge in [-0.25, -0.2) is 4.52 Å². The average Bonchev–Trinajstić information content (AvgIpc) is 2.86. The summed E-state index contributed by atoms with van der Waals surface area (Å²) in [6.07, 6.45) is 1.83. The van der Waals surface area contributed by atoms with Crippen molar-refractivity contribution in [2.24, 2.45) is 0 Å². The third kappa shape index (κ3) is 2.52. The number of amides is 1. The second-order valence-electron chi connectivity index (χ2n) is 5.33. The number of hydrogen-bond donors (Lipinski definition) is 1. The van der Waals surface area contributed by atoms with Crippen molar-refractivity contribution in [1.82, 2.24) is 9.61 Å². The van der Waals surface area contributed by atoms with Crippen LogP contribution in [0.4, 0.5) is 5.69 Å². The van der Waals surface area contributed by atoms with Gasteiger partial charge in [-0.15, -0.1) is 0 Å². The maximum Gasteiger partial charge on any atom is 0.276 e. The van der Waals surface area contributed by atoms with E-state index in [1.54, 1.807) is 10.6 Å². The summed E-state index contributed by atoms with van der Waals surface area (Å²) in [6, 6.07) is 11.6. The maximum atomic E-state index is 12.4. The first-order valence-electron chi connectivity index (χ1n) is 6.88. The standard InChI is InChI=1S/C17H17N3O/c1-11-8-12(2)16(13(3)9-11)18-17(21)15-10-14-6-4-5-7-20(14)19-15/h4-10H,1-3H3,(H,18,21). The van der Waals surface area contributed by atoms with Crippen LogP contribution in [0.25, 0.3) is 5.52 Å². The van der Waals surface area contributed by atoms with E-state index in [0.29, 0.717) is 5.69 Å². The van der Waals surface area contributed by atoms with Gasteiger partial charge in [0.05, 0.1) is 5.52 Å². The van der Waals surface area contributed by atoms with Gasteiger partial charge in [-0.2, -0.15) is 5.10 Å². The van der Waals surface area contributed by atoms with E-state index in [4.69, 9.17) is 0 Å². The molecule has 0 spiro atoms. The number of hydrogen-bond acceptors (Lipinski definition) is 2. The van der Waals surface area contributed by atoms with E-state index < -0.39 is 0 Å². The Bertz CT molecular complexity index is 777. The fourth-order valence-electron chi connectivity index (χ4n) is 2.60. The minimum absolute atomic E-state index is 0.186. The highest BCUT2D eigenvalue weighted by Crippen LogP contribution is 2.22. The van der Waals surface area contributed by atoms with Crippen LogP contribution in [0.5, 0.6) is 0 Å². The molecule has 21 heavy (non-hydrogen) atoms. The largest absolute Gasteiger partial charge is 0.320 e. The highest BCUT2D eigenvalue weighted by molar-refractivity contribution is 6.04. The number of aromatic nitrogens is 2. The van der Waals surface area contributed by atoms with Crippen molar-refractivity contribution in [1.29, 1.82) is 0 Å². The number of carbonyl (C=O) groups is 1. The van der Waals surface area contributed by atoms with Gasteiger partial charge in [-0.1, -0.05) is 23.8 Å². The number of fused-ring (bicyclic) bond motifs is 1. The Morgan fingerprint density at radius 3 is 2.48 bits per heavy atom. The number of pyridine rings is 1. The number of nitrogens with one attached hydrogen (secondary N) is 1. The third-order valence-corrected chi connectivity index (χ3v) is 3.52. The molecule has 1 N–H and O–H groups in total. The summed E-state index contributed by atoms with van der Waals surface area (Å²) < 4.78 is 1.70. The summed E-state index contributed by atoms with van der Waals surface area (Å²) in [6.45, 7) is 6.05. The summed E-state index contributed by atoms with van der Waals surface area (Å²) in [5, 5.41) is 7.26. The summed E-state index contributed by atoms with van der Waals surface area (Å²) in [5.74, 6) is -0.186. The van der Waals surface area contributed by atoms with Crippen molar-refractivity contribution in [3.05, 3.63) is 65.0 Å². The predicted octanol–water partition coefficient (Wildman–Crippen LogP) is 3.51. The zero-order valence-electron chi connectivity index (χ0n) is 12.3. The smallest absolute Gasteiger partial charge is 0.276 e. The number of anilines is 1. The summed E-state index contributed by atoms with van der Waals surface area (Å²) in [7, 11) is 0. The molecule has 1 amide bonds. The van der Waals surface area contributed by atoms with Crippen LogP contribution >= 0.6 is 0 Å². The summed E-state index contributed by atoms with van der Waals surface area (Å²) in [4.78, 5) is 12.4. The zero-order chi connectivity index (χ0) is 15.0. The van der Waals surface area contributed by atoms with Gasteiger partial charge in [-0.3, -0.25) is 4.79 Å². The van der Waals surface area contributed by atoms with Crippen molar-refractivity contribution >= 4 is 17.1 Å². The minimum Gasteiger partial charge on any atom is -0.320 e. The molecule has 3 aromatic rings. The van der Waals surface area contributed by atoms with Crippen LogP contribution in [-0.2, 0) is 0 Å². The van der Waals surface area contributed by atoms with Crippen LogP contribution in [0, 0.1) is 20.8 Å². The Hall–Kier alpha value is -2.62. The van der Waals surface area contributed by atoms with Crippen LogP contribution in [0.15, 0.2) is 42.6 Å². The Kier molecular flexibility index (Phi) is 3.22. The molecule has 0 atom stereocenters. The predicted molar refractivity (Wildman–Crippen MR) is 83.8 cm³/mol. The lowest BCUT2D eigenvalue weighted by Crippen LogP contribution is -2.14. The Labute approximate surface area is 123 Å². The van der Waals surface area contributed by atoms with Gasteiger partial charge in [0.1, 0.15) is 0 Å². The van der Waals surface area contributed by atoms with E-state index in [1.165, 1.54) is 5.56 Å². The van der Waals surface area contributed by atoms with E-state index in [-0.39, 0.29) is 5.91 Å². The van der Waals surface area contributed by atoms with Crippen molar-refractivity contribution in [3.8, 4) is 0 Å². The van der Waals surface area contributed by atoms with E-state index in [2.05, 4.69) is 22.5 Å². The van der Waals surface area contributed by atoms with Crippen molar-refractivity contribution in [2.45, 2.75) is 20.8 Å². The monoisotopic (exact) mass is 279 g/mol. The fourth-order valence-corrected chi connectivity index (χ4v) is 2.60. The molecule has 4 heteroatoms. The highest BCUT2D eigenvalue weighted by Gasteiger charge is 2.13. The van der Waals surface area contributed by atoms with Crippen molar-refractivity contribution < 1.29 is 4.79 Å². The number of nitrogens with zero attached hydrogens (tertiary/aromatic N) is 2. The first-order chi connectivity index (χ1) is 10.0. The maximum absolute atomic E-state index is 12.4. The number of rotatable bonds is 2. The molecule has 0 bridgehead atoms. The molecule has 1 aromatic carbocycles. The van der Waals surface area contributed by atoms with E-state index in [9.17, 15) is 4.79 Å². The molecule has 0 aliphatic rings. The highest BCUT2D eigenvalue weighted by atomic mass is 16.1. The lowest BCUT2D eigenvalue weighted by Gasteiger charge is -2.11. The molecule has 2 aromatic heterocycles. The second kappa shape index (κ2) is 5.05. The quantitative estimate of drug-likeness (QED) is 0.780. The zero-order valence-corrected chi connectivity index (χ0v) is 12.3. The molecule has 0 saturated heterocycles. The molecule has 0 aliphatic heterocycles. The number of aryl methyl sites for hydroxylation is 3. The number of carbonyl (C=O) groups excluding carboxylic acids is 1. The molecule has 0 aliphatic carbocycles.